The van der Waals surface area contributed by atoms with Crippen LogP contribution in [-0.2, 0) is 6.42 Å². The lowest BCUT2D eigenvalue weighted by molar-refractivity contribution is 0.828. The Balaban J connectivity index is 0.000000956. The van der Waals surface area contributed by atoms with Gasteiger partial charge in [0.25, 0.3) is 0 Å². The second-order valence-corrected chi connectivity index (χ2v) is 4.90. The van der Waals surface area contributed by atoms with Crippen LogP contribution in [0.25, 0.3) is 11.1 Å². The van der Waals surface area contributed by atoms with Crippen molar-refractivity contribution in [3.8, 4) is 11.1 Å². The maximum atomic E-state index is 5.59. The minimum atomic E-state index is 0.758. The highest BCUT2D eigenvalue weighted by molar-refractivity contribution is 5.65. The van der Waals surface area contributed by atoms with Gasteiger partial charge in [-0.2, -0.15) is 0 Å². The van der Waals surface area contributed by atoms with Crippen molar-refractivity contribution in [2.45, 2.75) is 40.5 Å². The molecule has 0 saturated heterocycles. The highest BCUT2D eigenvalue weighted by Crippen LogP contribution is 2.23. The first-order valence-electron chi connectivity index (χ1n) is 7.57. The topological polar surface area (TPSA) is 26.0 Å². The van der Waals surface area contributed by atoms with E-state index in [4.69, 9.17) is 5.73 Å². The van der Waals surface area contributed by atoms with Crippen LogP contribution in [-0.4, -0.2) is 6.54 Å². The molecule has 2 rings (SSSR count). The Bertz CT molecular complexity index is 512. The molecule has 20 heavy (non-hydrogen) atoms. The van der Waals surface area contributed by atoms with Gasteiger partial charge < -0.3 is 5.73 Å². The van der Waals surface area contributed by atoms with Gasteiger partial charge in [-0.25, -0.2) is 0 Å². The van der Waals surface area contributed by atoms with E-state index in [0.29, 0.717) is 0 Å². The summed E-state index contributed by atoms with van der Waals surface area (Å²) in [6.45, 7) is 9.05. The predicted molar refractivity (Wildman–Crippen MR) is 90.1 cm³/mol. The van der Waals surface area contributed by atoms with Gasteiger partial charge in [0.1, 0.15) is 0 Å². The molecule has 0 unspecified atom stereocenters. The number of hydrogen-bond acceptors (Lipinski definition) is 1. The fourth-order valence-corrected chi connectivity index (χ4v) is 2.16. The molecule has 0 spiro atoms. The summed E-state index contributed by atoms with van der Waals surface area (Å²) in [5.41, 5.74) is 12.3. The van der Waals surface area contributed by atoms with Crippen LogP contribution in [0.15, 0.2) is 42.5 Å². The third-order valence-corrected chi connectivity index (χ3v) is 3.38. The van der Waals surface area contributed by atoms with Gasteiger partial charge in [0.05, 0.1) is 0 Å². The van der Waals surface area contributed by atoms with Crippen molar-refractivity contribution in [3.63, 3.8) is 0 Å². The zero-order chi connectivity index (χ0) is 15.0. The molecule has 1 nitrogen and oxygen atoms in total. The van der Waals surface area contributed by atoms with Crippen molar-refractivity contribution in [3.05, 3.63) is 59.2 Å². The molecule has 1 heteroatoms. The summed E-state index contributed by atoms with van der Waals surface area (Å²) in [7, 11) is 0. The molecular weight excluding hydrogens is 242 g/mol. The van der Waals surface area contributed by atoms with Crippen LogP contribution < -0.4 is 5.73 Å². The molecule has 2 N–H and O–H groups in total. The predicted octanol–water partition coefficient (Wildman–Crippen LogP) is 4.89. The van der Waals surface area contributed by atoms with Crippen molar-refractivity contribution in [2.24, 2.45) is 5.73 Å². The monoisotopic (exact) mass is 269 g/mol. The molecule has 0 aliphatic rings. The normalized spacial score (nSPS) is 9.85. The average Bonchev–Trinajstić information content (AvgIpc) is 2.49. The van der Waals surface area contributed by atoms with Crippen LogP contribution in [0.4, 0.5) is 0 Å². The molecular formula is C19H27N. The summed E-state index contributed by atoms with van der Waals surface area (Å²) < 4.78 is 0. The fourth-order valence-electron chi connectivity index (χ4n) is 2.16. The summed E-state index contributed by atoms with van der Waals surface area (Å²) in [6.07, 6.45) is 2.13. The van der Waals surface area contributed by atoms with Crippen LogP contribution in [0.5, 0.6) is 0 Å². The minimum Gasteiger partial charge on any atom is -0.330 e. The molecule has 0 heterocycles. The Kier molecular flexibility index (Phi) is 7.03. The molecule has 0 aliphatic heterocycles. The zero-order valence-corrected chi connectivity index (χ0v) is 13.2. The molecule has 0 saturated carbocycles. The summed E-state index contributed by atoms with van der Waals surface area (Å²) in [5.74, 6) is 0. The van der Waals surface area contributed by atoms with Gasteiger partial charge in [0.2, 0.25) is 0 Å². The number of hydrogen-bond donors (Lipinski definition) is 1. The zero-order valence-electron chi connectivity index (χ0n) is 13.2. The molecule has 0 bridgehead atoms. The molecule has 2 aromatic rings. The molecule has 0 atom stereocenters. The first-order valence-corrected chi connectivity index (χ1v) is 7.57. The van der Waals surface area contributed by atoms with E-state index < -0.39 is 0 Å². The molecule has 2 aromatic carbocycles. The molecule has 0 aromatic heterocycles. The van der Waals surface area contributed by atoms with E-state index in [1.165, 1.54) is 27.8 Å². The van der Waals surface area contributed by atoms with E-state index in [1.54, 1.807) is 0 Å². The van der Waals surface area contributed by atoms with Crippen LogP contribution in [0.2, 0.25) is 0 Å². The number of rotatable bonds is 4. The van der Waals surface area contributed by atoms with E-state index in [9.17, 15) is 0 Å². The summed E-state index contributed by atoms with van der Waals surface area (Å²) in [4.78, 5) is 0. The van der Waals surface area contributed by atoms with Crippen molar-refractivity contribution >= 4 is 0 Å². The van der Waals surface area contributed by atoms with E-state index in [1.807, 2.05) is 13.8 Å². The molecule has 0 fully saturated rings. The Morgan fingerprint density at radius 3 is 2.05 bits per heavy atom. The van der Waals surface area contributed by atoms with Crippen molar-refractivity contribution in [1.29, 1.82) is 0 Å². The first-order chi connectivity index (χ1) is 9.70. The van der Waals surface area contributed by atoms with Crippen LogP contribution >= 0.6 is 0 Å². The Morgan fingerprint density at radius 1 is 0.850 bits per heavy atom. The van der Waals surface area contributed by atoms with Gasteiger partial charge in [-0.05, 0) is 55.5 Å². The van der Waals surface area contributed by atoms with Crippen molar-refractivity contribution in [1.82, 2.24) is 0 Å². The third kappa shape index (κ3) is 4.50. The first kappa shape index (κ1) is 16.5. The highest BCUT2D eigenvalue weighted by Gasteiger charge is 2.02. The lowest BCUT2D eigenvalue weighted by Gasteiger charge is -2.09. The smallest absolute Gasteiger partial charge is 0.00741 e. The van der Waals surface area contributed by atoms with Crippen LogP contribution in [0, 0.1) is 13.8 Å². The largest absolute Gasteiger partial charge is 0.330 e. The summed E-state index contributed by atoms with van der Waals surface area (Å²) in [6, 6.07) is 15.4. The second-order valence-electron chi connectivity index (χ2n) is 4.90. The van der Waals surface area contributed by atoms with E-state index in [-0.39, 0.29) is 0 Å². The van der Waals surface area contributed by atoms with E-state index in [2.05, 4.69) is 56.3 Å². The molecule has 0 amide bonds. The number of benzene rings is 2. The number of aryl methyl sites for hydroxylation is 3. The molecule has 0 aliphatic carbocycles. The van der Waals surface area contributed by atoms with Crippen molar-refractivity contribution in [2.75, 3.05) is 6.54 Å². The third-order valence-electron chi connectivity index (χ3n) is 3.38. The molecule has 0 radical (unpaired) electrons. The highest BCUT2D eigenvalue weighted by atomic mass is 14.5. The van der Waals surface area contributed by atoms with Gasteiger partial charge in [-0.1, -0.05) is 61.9 Å². The summed E-state index contributed by atoms with van der Waals surface area (Å²) >= 11 is 0. The average molecular weight is 269 g/mol. The van der Waals surface area contributed by atoms with E-state index >= 15 is 0 Å². The Hall–Kier alpha value is -1.60. The lowest BCUT2D eigenvalue weighted by Crippen LogP contribution is -2.01. The number of nitrogens with two attached hydrogens (primary N) is 1. The van der Waals surface area contributed by atoms with E-state index in [0.717, 1.165) is 19.4 Å². The van der Waals surface area contributed by atoms with Gasteiger partial charge >= 0.3 is 0 Å². The summed E-state index contributed by atoms with van der Waals surface area (Å²) in [5, 5.41) is 0. The second kappa shape index (κ2) is 8.55. The standard InChI is InChI=1S/C17H21N.C2H6/c1-13-5-8-15(9-6-13)17-10-7-14(2)16(12-17)4-3-11-18;1-2/h5-10,12H,3-4,11,18H2,1-2H3;1-2H3. The SMILES string of the molecule is CC.Cc1ccc(-c2ccc(C)c(CCCN)c2)cc1. The van der Waals surface area contributed by atoms with Gasteiger partial charge in [0.15, 0.2) is 0 Å². The Morgan fingerprint density at radius 2 is 1.45 bits per heavy atom. The maximum absolute atomic E-state index is 5.59. The van der Waals surface area contributed by atoms with Gasteiger partial charge in [0, 0.05) is 0 Å². The Labute approximate surface area is 123 Å². The van der Waals surface area contributed by atoms with Crippen molar-refractivity contribution < 1.29 is 0 Å². The van der Waals surface area contributed by atoms with Crippen LogP contribution in [0.3, 0.4) is 0 Å². The van der Waals surface area contributed by atoms with Gasteiger partial charge in [-0.15, -0.1) is 0 Å². The van der Waals surface area contributed by atoms with Crippen LogP contribution in [0.1, 0.15) is 37.0 Å². The lowest BCUT2D eigenvalue weighted by atomic mass is 9.97. The quantitative estimate of drug-likeness (QED) is 0.840. The van der Waals surface area contributed by atoms with Gasteiger partial charge in [-0.3, -0.25) is 0 Å². The minimum absolute atomic E-state index is 0.758. The molecule has 108 valence electrons. The fraction of sp³-hybridized carbons (Fsp3) is 0.368. The maximum Gasteiger partial charge on any atom is -0.00741 e.